The van der Waals surface area contributed by atoms with Crippen molar-refractivity contribution in [1.29, 1.82) is 5.26 Å². The monoisotopic (exact) mass is 647 g/mol. The van der Waals surface area contributed by atoms with Gasteiger partial charge in [-0.25, -0.2) is 0 Å². The fraction of sp³-hybridized carbons (Fsp3) is 0.314. The van der Waals surface area contributed by atoms with Crippen molar-refractivity contribution in [2.45, 2.75) is 36.0 Å². The molecule has 9 heteroatoms. The molecule has 4 aromatic carbocycles. The van der Waals surface area contributed by atoms with E-state index >= 15 is 0 Å². The maximum atomic E-state index is 13.8. The highest BCUT2D eigenvalue weighted by molar-refractivity contribution is 7.84. The summed E-state index contributed by atoms with van der Waals surface area (Å²) in [6, 6.07) is 24.2. The molecule has 2 atom stereocenters. The van der Waals surface area contributed by atoms with Gasteiger partial charge in [0.25, 0.3) is 5.91 Å². The summed E-state index contributed by atoms with van der Waals surface area (Å²) in [5.74, 6) is 0.300. The van der Waals surface area contributed by atoms with Gasteiger partial charge in [-0.3, -0.25) is 9.00 Å². The van der Waals surface area contributed by atoms with E-state index in [2.05, 4.69) is 11.0 Å². The molecule has 228 valence electrons. The van der Waals surface area contributed by atoms with Crippen LogP contribution in [0.1, 0.15) is 58.1 Å². The van der Waals surface area contributed by atoms with E-state index in [4.69, 9.17) is 23.2 Å². The maximum Gasteiger partial charge on any atom is 0.254 e. The summed E-state index contributed by atoms with van der Waals surface area (Å²) in [4.78, 5) is 18.7. The Bertz CT molecular complexity index is 1750. The average molecular weight is 649 g/mol. The maximum absolute atomic E-state index is 13.8. The van der Waals surface area contributed by atoms with Gasteiger partial charge in [0.05, 0.1) is 32.5 Å². The Morgan fingerprint density at radius 1 is 1.07 bits per heavy atom. The van der Waals surface area contributed by atoms with Crippen LogP contribution in [0.25, 0.3) is 10.8 Å². The van der Waals surface area contributed by atoms with E-state index in [0.717, 1.165) is 60.8 Å². The van der Waals surface area contributed by atoms with Crippen molar-refractivity contribution in [3.05, 3.63) is 105 Å². The highest BCUT2D eigenvalue weighted by Crippen LogP contribution is 2.35. The third-order valence-electron chi connectivity index (χ3n) is 8.61. The van der Waals surface area contributed by atoms with E-state index < -0.39 is 10.8 Å². The van der Waals surface area contributed by atoms with E-state index in [1.807, 2.05) is 42.5 Å². The Labute approximate surface area is 271 Å². The molecule has 1 heterocycles. The van der Waals surface area contributed by atoms with E-state index in [9.17, 15) is 19.4 Å². The van der Waals surface area contributed by atoms with E-state index in [0.29, 0.717) is 38.5 Å². The summed E-state index contributed by atoms with van der Waals surface area (Å²) in [6.07, 6.45) is 4.34. The van der Waals surface area contributed by atoms with Crippen molar-refractivity contribution in [1.82, 2.24) is 9.80 Å². The van der Waals surface area contributed by atoms with E-state index in [1.54, 1.807) is 48.5 Å². The highest BCUT2D eigenvalue weighted by Gasteiger charge is 2.26. The molecular formula is C35H35Cl2N3O3S. The molecule has 0 unspecified atom stereocenters. The first kappa shape index (κ1) is 32.0. The van der Waals surface area contributed by atoms with Gasteiger partial charge < -0.3 is 14.9 Å². The van der Waals surface area contributed by atoms with Crippen LogP contribution in [0.2, 0.25) is 10.0 Å². The molecule has 1 N–H and O–H groups in total. The number of benzene rings is 4. The zero-order chi connectivity index (χ0) is 31.4. The van der Waals surface area contributed by atoms with Gasteiger partial charge in [0.1, 0.15) is 5.75 Å². The molecule has 44 heavy (non-hydrogen) atoms. The summed E-state index contributed by atoms with van der Waals surface area (Å²) in [5.41, 5.74) is 3.04. The van der Waals surface area contributed by atoms with Crippen LogP contribution in [0.5, 0.6) is 5.75 Å². The van der Waals surface area contributed by atoms with Crippen LogP contribution in [0, 0.1) is 11.3 Å². The van der Waals surface area contributed by atoms with Crippen LogP contribution in [0.15, 0.2) is 77.7 Å². The van der Waals surface area contributed by atoms with Crippen molar-refractivity contribution < 1.29 is 14.1 Å². The predicted octanol–water partition coefficient (Wildman–Crippen LogP) is 7.59. The van der Waals surface area contributed by atoms with Crippen LogP contribution in [0.4, 0.5) is 0 Å². The number of fused-ring (bicyclic) bond motifs is 1. The zero-order valence-electron chi connectivity index (χ0n) is 24.8. The summed E-state index contributed by atoms with van der Waals surface area (Å²) in [7, 11) is 0.633. The van der Waals surface area contributed by atoms with Crippen molar-refractivity contribution in [2.75, 3.05) is 39.5 Å². The highest BCUT2D eigenvalue weighted by atomic mass is 35.5. The molecule has 0 radical (unpaired) electrons. The van der Waals surface area contributed by atoms with Crippen molar-refractivity contribution in [2.24, 2.45) is 0 Å². The van der Waals surface area contributed by atoms with Gasteiger partial charge in [-0.15, -0.1) is 0 Å². The van der Waals surface area contributed by atoms with Crippen LogP contribution in [-0.2, 0) is 10.8 Å². The molecule has 0 aliphatic carbocycles. The lowest BCUT2D eigenvalue weighted by molar-refractivity contribution is 0.0783. The number of halogens is 2. The largest absolute Gasteiger partial charge is 0.508 e. The third-order valence-corrected chi connectivity index (χ3v) is 10.3. The van der Waals surface area contributed by atoms with Gasteiger partial charge in [-0.2, -0.15) is 5.26 Å². The number of likely N-dealkylation sites (tertiary alicyclic amines) is 1. The van der Waals surface area contributed by atoms with Gasteiger partial charge in [-0.1, -0.05) is 59.6 Å². The number of likely N-dealkylation sites (N-methyl/N-ethyl adjacent to an activating group) is 1. The summed E-state index contributed by atoms with van der Waals surface area (Å²) < 4.78 is 12.3. The number of amides is 1. The number of rotatable bonds is 9. The number of phenols is 1. The first-order valence-electron chi connectivity index (χ1n) is 14.7. The smallest absolute Gasteiger partial charge is 0.254 e. The molecule has 1 aliphatic heterocycles. The van der Waals surface area contributed by atoms with Gasteiger partial charge in [0, 0.05) is 36.2 Å². The first-order valence-corrected chi connectivity index (χ1v) is 17.0. The second kappa shape index (κ2) is 14.1. The fourth-order valence-electron chi connectivity index (χ4n) is 6.22. The normalized spacial score (nSPS) is 15.5. The average Bonchev–Trinajstić information content (AvgIpc) is 3.03. The molecule has 1 amide bonds. The van der Waals surface area contributed by atoms with E-state index in [1.165, 1.54) is 0 Å². The minimum atomic E-state index is -1.17. The molecule has 1 fully saturated rings. The molecule has 1 aliphatic rings. The number of phenolic OH excluding ortho intramolecular Hbond substituents is 1. The van der Waals surface area contributed by atoms with Crippen molar-refractivity contribution in [3.8, 4) is 11.8 Å². The molecule has 0 saturated carbocycles. The second-order valence-corrected chi connectivity index (χ2v) is 13.7. The topological polar surface area (TPSA) is 84.6 Å². The van der Waals surface area contributed by atoms with Crippen LogP contribution in [-0.4, -0.2) is 64.5 Å². The van der Waals surface area contributed by atoms with E-state index in [-0.39, 0.29) is 17.6 Å². The minimum absolute atomic E-state index is 0.00747. The van der Waals surface area contributed by atoms with Gasteiger partial charge >= 0.3 is 0 Å². The third kappa shape index (κ3) is 7.27. The molecule has 6 nitrogen and oxygen atoms in total. The number of nitrogens with zero attached hydrogens (tertiary/aromatic N) is 3. The lowest BCUT2D eigenvalue weighted by Gasteiger charge is -2.34. The van der Waals surface area contributed by atoms with Crippen LogP contribution >= 0.6 is 23.2 Å². The Kier molecular flexibility index (Phi) is 10.3. The quantitative estimate of drug-likeness (QED) is 0.202. The molecule has 5 rings (SSSR count). The SMILES string of the molecule is CN(C[C@@H](CCN1CCC(c2ccc(O)cc2[S@@](C)=O)CC1)c1ccc(Cl)c(Cl)c1)C(=O)c1cc(C#N)cc2ccccc12. The lowest BCUT2D eigenvalue weighted by Crippen LogP contribution is -2.36. The predicted molar refractivity (Wildman–Crippen MR) is 178 cm³/mol. The van der Waals surface area contributed by atoms with Crippen molar-refractivity contribution >= 4 is 50.7 Å². The molecular weight excluding hydrogens is 613 g/mol. The van der Waals surface area contributed by atoms with Crippen LogP contribution < -0.4 is 0 Å². The number of aromatic hydroxyl groups is 1. The van der Waals surface area contributed by atoms with Crippen molar-refractivity contribution in [3.63, 3.8) is 0 Å². The first-order chi connectivity index (χ1) is 21.1. The molecule has 1 saturated heterocycles. The summed E-state index contributed by atoms with van der Waals surface area (Å²) in [5, 5.41) is 22.1. The van der Waals surface area contributed by atoms with Crippen LogP contribution in [0.3, 0.4) is 0 Å². The Hall–Kier alpha value is -3.41. The number of piperidine rings is 1. The number of hydrogen-bond acceptors (Lipinski definition) is 5. The zero-order valence-corrected chi connectivity index (χ0v) is 27.1. The second-order valence-electron chi connectivity index (χ2n) is 11.5. The Morgan fingerprint density at radius 3 is 2.52 bits per heavy atom. The molecule has 0 spiro atoms. The van der Waals surface area contributed by atoms with Gasteiger partial charge in [0.2, 0.25) is 0 Å². The number of hydrogen-bond donors (Lipinski definition) is 1. The number of carbonyl (C=O) groups excluding carboxylic acids is 1. The minimum Gasteiger partial charge on any atom is -0.508 e. The summed E-state index contributed by atoms with van der Waals surface area (Å²) >= 11 is 12.7. The molecule has 0 bridgehead atoms. The Balaban J connectivity index is 1.31. The summed E-state index contributed by atoms with van der Waals surface area (Å²) in [6.45, 7) is 3.11. The number of carbonyl (C=O) groups is 1. The fourth-order valence-corrected chi connectivity index (χ4v) is 7.38. The Morgan fingerprint density at radius 2 is 1.82 bits per heavy atom. The molecule has 0 aromatic heterocycles. The van der Waals surface area contributed by atoms with Gasteiger partial charge in [-0.05, 0) is 103 Å². The van der Waals surface area contributed by atoms with Gasteiger partial charge in [0.15, 0.2) is 0 Å². The number of nitriles is 1. The lowest BCUT2D eigenvalue weighted by atomic mass is 9.88. The standard InChI is InChI=1S/C35H35Cl2N3O3S/c1-39(35(42)31-18-23(21-38)17-26-5-3-4-6-29(26)31)22-27(25-7-10-32(36)33(37)19-25)13-16-40-14-11-24(12-15-40)30-9-8-28(41)20-34(30)44(2)43/h3-10,17-20,24,27,41H,11-16,22H2,1-2H3/t27-,44-/m1/s1. The molecule has 4 aromatic rings.